The molecule has 0 saturated carbocycles. The summed E-state index contributed by atoms with van der Waals surface area (Å²) in [6.07, 6.45) is 5.17. The van der Waals surface area contributed by atoms with E-state index in [1.807, 2.05) is 91.0 Å². The van der Waals surface area contributed by atoms with Gasteiger partial charge in [-0.05, 0) is 11.8 Å². The molecular weight excluding hydrogens is 677 g/mol. The van der Waals surface area contributed by atoms with Crippen LogP contribution in [-0.4, -0.2) is 9.97 Å². The number of hydrogen-bond acceptors (Lipinski definition) is 2. The van der Waals surface area contributed by atoms with Gasteiger partial charge in [-0.25, -0.2) is 0 Å². The van der Waals surface area contributed by atoms with Gasteiger partial charge in [-0.15, -0.1) is 42.1 Å². The fourth-order valence-corrected chi connectivity index (χ4v) is 3.70. The average Bonchev–Trinajstić information content (AvgIpc) is 2.98. The molecule has 0 N–H and O–H groups in total. The number of para-hydroxylation sites is 1. The van der Waals surface area contributed by atoms with Crippen LogP contribution in [0.4, 0.5) is 5.69 Å². The molecular formula is C38H43HfN3. The van der Waals surface area contributed by atoms with Crippen LogP contribution in [0.15, 0.2) is 128 Å². The number of nitrogens with zero attached hydrogens (tertiary/aromatic N) is 3. The van der Waals surface area contributed by atoms with E-state index >= 15 is 0 Å². The van der Waals surface area contributed by atoms with Crippen LogP contribution in [0, 0.1) is 20.8 Å². The molecule has 0 spiro atoms. The Labute approximate surface area is 273 Å². The molecule has 0 saturated heterocycles. The van der Waals surface area contributed by atoms with Gasteiger partial charge in [0.15, 0.2) is 0 Å². The normalized spacial score (nSPS) is 9.57. The first-order chi connectivity index (χ1) is 19.8. The van der Waals surface area contributed by atoms with Crippen molar-refractivity contribution in [2.45, 2.75) is 46.1 Å². The molecule has 1 aromatic heterocycles. The average molecular weight is 720 g/mol. The topological polar surface area (TPSA) is 39.9 Å². The van der Waals surface area contributed by atoms with Crippen molar-refractivity contribution in [2.24, 2.45) is 0 Å². The summed E-state index contributed by atoms with van der Waals surface area (Å²) in [6, 6.07) is 36.1. The summed E-state index contributed by atoms with van der Waals surface area (Å²) in [5.41, 5.74) is 7.86. The summed E-state index contributed by atoms with van der Waals surface area (Å²) in [5.74, 6) is 0.934. The molecule has 214 valence electrons. The third-order valence-electron chi connectivity index (χ3n) is 5.89. The van der Waals surface area contributed by atoms with Crippen LogP contribution in [0.3, 0.4) is 0 Å². The second kappa shape index (κ2) is 21.0. The molecule has 0 fully saturated rings. The molecule has 4 aromatic carbocycles. The number of rotatable bonds is 5. The fraction of sp³-hybridized carbons (Fsp3) is 0.184. The van der Waals surface area contributed by atoms with E-state index in [0.717, 1.165) is 28.1 Å². The second-order valence-corrected chi connectivity index (χ2v) is 10.1. The Morgan fingerprint density at radius 3 is 1.26 bits per heavy atom. The molecule has 5 rings (SSSR count). The maximum Gasteiger partial charge on any atom is 4.00 e. The largest absolute Gasteiger partial charge is 4.00 e. The Bertz CT molecular complexity index is 1230. The van der Waals surface area contributed by atoms with Crippen molar-refractivity contribution in [3.05, 3.63) is 187 Å². The molecule has 0 amide bonds. The zero-order valence-electron chi connectivity index (χ0n) is 25.4. The second-order valence-electron chi connectivity index (χ2n) is 10.1. The van der Waals surface area contributed by atoms with E-state index in [9.17, 15) is 0 Å². The van der Waals surface area contributed by atoms with E-state index in [1.165, 1.54) is 11.1 Å². The molecule has 3 nitrogen and oxygen atoms in total. The van der Waals surface area contributed by atoms with Gasteiger partial charge in [0.1, 0.15) is 0 Å². The summed E-state index contributed by atoms with van der Waals surface area (Å²) in [4.78, 5) is 8.38. The molecule has 0 radical (unpaired) electrons. The maximum atomic E-state index is 4.82. The van der Waals surface area contributed by atoms with Crippen LogP contribution >= 0.6 is 0 Å². The minimum absolute atomic E-state index is 0. The molecule has 1 heterocycles. The molecule has 42 heavy (non-hydrogen) atoms. The van der Waals surface area contributed by atoms with Gasteiger partial charge in [0, 0.05) is 24.3 Å². The molecule has 0 unspecified atom stereocenters. The van der Waals surface area contributed by atoms with Crippen molar-refractivity contribution in [1.82, 2.24) is 9.97 Å². The molecule has 0 aliphatic carbocycles. The summed E-state index contributed by atoms with van der Waals surface area (Å²) < 4.78 is 0. The number of hydrogen-bond donors (Lipinski definition) is 0. The first-order valence-electron chi connectivity index (χ1n) is 13.9. The fourth-order valence-electron chi connectivity index (χ4n) is 3.70. The van der Waals surface area contributed by atoms with Crippen LogP contribution in [0.25, 0.3) is 5.32 Å². The smallest absolute Gasteiger partial charge is 0.679 e. The van der Waals surface area contributed by atoms with Gasteiger partial charge < -0.3 is 5.32 Å². The van der Waals surface area contributed by atoms with Gasteiger partial charge in [-0.1, -0.05) is 81.8 Å². The first-order valence-corrected chi connectivity index (χ1v) is 13.9. The van der Waals surface area contributed by atoms with E-state index in [0.29, 0.717) is 18.4 Å². The van der Waals surface area contributed by atoms with Crippen molar-refractivity contribution < 1.29 is 25.8 Å². The standard InChI is InChI=1S/C17H22N3.3C7H7.Hf/c1-12(2)15-6-5-7-16(13(3)4)17(15)20-11-14-10-18-8-9-19-14;3*1-7-5-3-2-4-6-7;/h5-10,12-13H,11H2,1-4H3;3*2-6H,1H2;/q4*-1;+4. The molecule has 0 bridgehead atoms. The molecule has 0 aliphatic heterocycles. The van der Waals surface area contributed by atoms with Gasteiger partial charge in [0.05, 0.1) is 0 Å². The van der Waals surface area contributed by atoms with Crippen LogP contribution in [0.1, 0.15) is 73.0 Å². The predicted octanol–water partition coefficient (Wildman–Crippen LogP) is 10.5. The quantitative estimate of drug-likeness (QED) is 0.134. The summed E-state index contributed by atoms with van der Waals surface area (Å²) in [7, 11) is 0. The Balaban J connectivity index is 0.000000326. The van der Waals surface area contributed by atoms with Crippen molar-refractivity contribution >= 4 is 5.69 Å². The summed E-state index contributed by atoms with van der Waals surface area (Å²) in [5, 5.41) is 4.82. The zero-order valence-corrected chi connectivity index (χ0v) is 29.0. The van der Waals surface area contributed by atoms with Crippen LogP contribution < -0.4 is 0 Å². The molecule has 5 aromatic rings. The molecule has 0 atom stereocenters. The Morgan fingerprint density at radius 1 is 0.571 bits per heavy atom. The SMILES string of the molecule is CC(C)c1cccc(C(C)C)c1[N-]Cc1cnccn1.[CH2-]c1ccccc1.[CH2-]c1ccccc1.[CH2-]c1ccccc1.[Hf+4]. The van der Waals surface area contributed by atoms with Crippen molar-refractivity contribution in [3.8, 4) is 0 Å². The Hall–Kier alpha value is -3.76. The number of aromatic nitrogens is 2. The van der Waals surface area contributed by atoms with Crippen LogP contribution in [-0.2, 0) is 32.4 Å². The van der Waals surface area contributed by atoms with Gasteiger partial charge >= 0.3 is 25.8 Å². The number of benzene rings is 4. The van der Waals surface area contributed by atoms with Crippen molar-refractivity contribution in [1.29, 1.82) is 0 Å². The van der Waals surface area contributed by atoms with Crippen LogP contribution in [0.5, 0.6) is 0 Å². The van der Waals surface area contributed by atoms with Gasteiger partial charge in [-0.3, -0.25) is 9.97 Å². The minimum atomic E-state index is 0. The van der Waals surface area contributed by atoms with Crippen molar-refractivity contribution in [2.75, 3.05) is 0 Å². The van der Waals surface area contributed by atoms with E-state index in [-0.39, 0.29) is 25.8 Å². The Kier molecular flexibility index (Phi) is 18.1. The summed E-state index contributed by atoms with van der Waals surface area (Å²) in [6.45, 7) is 20.6. The third kappa shape index (κ3) is 14.7. The molecule has 0 aliphatic rings. The van der Waals surface area contributed by atoms with E-state index < -0.39 is 0 Å². The van der Waals surface area contributed by atoms with E-state index in [2.05, 4.69) is 76.6 Å². The predicted molar refractivity (Wildman–Crippen MR) is 176 cm³/mol. The van der Waals surface area contributed by atoms with Gasteiger partial charge in [0.2, 0.25) is 0 Å². The molecule has 4 heteroatoms. The van der Waals surface area contributed by atoms with E-state index in [4.69, 9.17) is 5.32 Å². The maximum absolute atomic E-state index is 4.82. The van der Waals surface area contributed by atoms with Gasteiger partial charge in [0.25, 0.3) is 0 Å². The van der Waals surface area contributed by atoms with Crippen molar-refractivity contribution in [3.63, 3.8) is 0 Å². The Morgan fingerprint density at radius 2 is 0.976 bits per heavy atom. The first kappa shape index (κ1) is 36.3. The third-order valence-corrected chi connectivity index (χ3v) is 5.89. The zero-order chi connectivity index (χ0) is 29.9. The minimum Gasteiger partial charge on any atom is -0.679 e. The van der Waals surface area contributed by atoms with E-state index in [1.54, 1.807) is 18.6 Å². The van der Waals surface area contributed by atoms with Crippen LogP contribution in [0.2, 0.25) is 0 Å². The summed E-state index contributed by atoms with van der Waals surface area (Å²) >= 11 is 0. The monoisotopic (exact) mass is 721 g/mol. The van der Waals surface area contributed by atoms with Gasteiger partial charge in [-0.2, -0.15) is 73.9 Å².